The van der Waals surface area contributed by atoms with Crippen LogP contribution in [0.15, 0.2) is 47.7 Å². The molecule has 29 heavy (non-hydrogen) atoms. The number of aromatic amines is 1. The molecule has 0 atom stereocenters. The molecule has 152 valence electrons. The Morgan fingerprint density at radius 3 is 2.62 bits per heavy atom. The molecule has 3 heterocycles. The molecule has 0 saturated carbocycles. The highest BCUT2D eigenvalue weighted by Crippen LogP contribution is 2.22. The third-order valence-corrected chi connectivity index (χ3v) is 5.40. The minimum absolute atomic E-state index is 0.771. The first-order chi connectivity index (χ1) is 14.3. The standard InChI is InChI=1S/C22H29N7/c1-3-23-21(28-13-15-29(16-14-28)22-24-10-6-11-25-22)26-12-9-18-17(2)27-20-8-5-4-7-19(18)20/h4-8,10-11,27H,3,9,12-16H2,1-2H3,(H,23,26). The Morgan fingerprint density at radius 1 is 1.10 bits per heavy atom. The van der Waals surface area contributed by atoms with Gasteiger partial charge in [-0.05, 0) is 38.0 Å². The summed E-state index contributed by atoms with van der Waals surface area (Å²) in [5.41, 5.74) is 3.81. The summed E-state index contributed by atoms with van der Waals surface area (Å²) >= 11 is 0. The van der Waals surface area contributed by atoms with Gasteiger partial charge in [0.1, 0.15) is 0 Å². The Morgan fingerprint density at radius 2 is 1.86 bits per heavy atom. The first kappa shape index (κ1) is 19.2. The van der Waals surface area contributed by atoms with Gasteiger partial charge in [0.25, 0.3) is 0 Å². The summed E-state index contributed by atoms with van der Waals surface area (Å²) in [6.07, 6.45) is 4.53. The number of aromatic nitrogens is 3. The summed E-state index contributed by atoms with van der Waals surface area (Å²) in [5, 5.41) is 4.76. The number of H-pyrrole nitrogens is 1. The van der Waals surface area contributed by atoms with Crippen molar-refractivity contribution in [3.05, 3.63) is 54.0 Å². The van der Waals surface area contributed by atoms with Gasteiger partial charge in [0.05, 0.1) is 0 Å². The van der Waals surface area contributed by atoms with Crippen molar-refractivity contribution in [3.63, 3.8) is 0 Å². The molecule has 2 aromatic heterocycles. The van der Waals surface area contributed by atoms with Gasteiger partial charge in [-0.3, -0.25) is 4.99 Å². The number of aryl methyl sites for hydroxylation is 1. The van der Waals surface area contributed by atoms with Crippen molar-refractivity contribution >= 4 is 22.8 Å². The Bertz CT molecular complexity index is 956. The van der Waals surface area contributed by atoms with Crippen LogP contribution in [-0.4, -0.2) is 65.1 Å². The van der Waals surface area contributed by atoms with Gasteiger partial charge >= 0.3 is 0 Å². The zero-order chi connectivity index (χ0) is 20.1. The molecule has 0 amide bonds. The van der Waals surface area contributed by atoms with E-state index in [9.17, 15) is 0 Å². The molecule has 1 fully saturated rings. The third kappa shape index (κ3) is 4.34. The topological polar surface area (TPSA) is 72.4 Å². The fraction of sp³-hybridized carbons (Fsp3) is 0.409. The quantitative estimate of drug-likeness (QED) is 0.517. The second-order valence-electron chi connectivity index (χ2n) is 7.28. The molecule has 1 aromatic carbocycles. The number of piperazine rings is 1. The Hall–Kier alpha value is -3.09. The second-order valence-corrected chi connectivity index (χ2v) is 7.28. The fourth-order valence-electron chi connectivity index (χ4n) is 3.93. The van der Waals surface area contributed by atoms with Gasteiger partial charge in [-0.25, -0.2) is 9.97 Å². The van der Waals surface area contributed by atoms with Crippen LogP contribution in [-0.2, 0) is 6.42 Å². The van der Waals surface area contributed by atoms with Gasteiger partial charge < -0.3 is 20.1 Å². The average molecular weight is 392 g/mol. The van der Waals surface area contributed by atoms with E-state index >= 15 is 0 Å². The number of benzene rings is 1. The van der Waals surface area contributed by atoms with Gasteiger partial charge in [-0.2, -0.15) is 0 Å². The number of nitrogens with zero attached hydrogens (tertiary/aromatic N) is 5. The molecule has 2 N–H and O–H groups in total. The van der Waals surface area contributed by atoms with Crippen LogP contribution in [0.25, 0.3) is 10.9 Å². The van der Waals surface area contributed by atoms with Crippen molar-refractivity contribution in [2.24, 2.45) is 4.99 Å². The molecular formula is C22H29N7. The molecular weight excluding hydrogens is 362 g/mol. The molecule has 0 aliphatic carbocycles. The van der Waals surface area contributed by atoms with Crippen molar-refractivity contribution in [1.82, 2.24) is 25.2 Å². The number of para-hydroxylation sites is 1. The van der Waals surface area contributed by atoms with Crippen LogP contribution in [0, 0.1) is 6.92 Å². The van der Waals surface area contributed by atoms with Crippen LogP contribution in [0.2, 0.25) is 0 Å². The predicted octanol–water partition coefficient (Wildman–Crippen LogP) is 2.60. The minimum atomic E-state index is 0.771. The molecule has 4 rings (SSSR count). The van der Waals surface area contributed by atoms with E-state index in [-0.39, 0.29) is 0 Å². The number of rotatable bonds is 5. The summed E-state index contributed by atoms with van der Waals surface area (Å²) in [6, 6.07) is 10.3. The molecule has 0 radical (unpaired) electrons. The monoisotopic (exact) mass is 391 g/mol. The molecule has 1 saturated heterocycles. The highest BCUT2D eigenvalue weighted by atomic mass is 15.4. The van der Waals surface area contributed by atoms with Crippen molar-refractivity contribution in [1.29, 1.82) is 0 Å². The van der Waals surface area contributed by atoms with Gasteiger partial charge in [0.15, 0.2) is 5.96 Å². The first-order valence-electron chi connectivity index (χ1n) is 10.4. The number of guanidine groups is 1. The molecule has 1 aliphatic heterocycles. The van der Waals surface area contributed by atoms with E-state index in [0.29, 0.717) is 0 Å². The lowest BCUT2D eigenvalue weighted by Gasteiger charge is -2.36. The van der Waals surface area contributed by atoms with E-state index in [2.05, 4.69) is 68.2 Å². The van der Waals surface area contributed by atoms with Gasteiger partial charge in [-0.15, -0.1) is 0 Å². The van der Waals surface area contributed by atoms with E-state index in [1.54, 1.807) is 12.4 Å². The van der Waals surface area contributed by atoms with Crippen LogP contribution in [0.3, 0.4) is 0 Å². The number of hydrogen-bond donors (Lipinski definition) is 2. The van der Waals surface area contributed by atoms with Gasteiger partial charge in [-0.1, -0.05) is 18.2 Å². The lowest BCUT2D eigenvalue weighted by atomic mass is 10.1. The zero-order valence-corrected chi connectivity index (χ0v) is 17.2. The number of anilines is 1. The SMILES string of the molecule is CCNC(=NCCc1c(C)[nH]c2ccccc12)N1CCN(c2ncccn2)CC1. The number of aliphatic imine (C=N–C) groups is 1. The summed E-state index contributed by atoms with van der Waals surface area (Å²) in [6.45, 7) is 9.53. The fourth-order valence-corrected chi connectivity index (χ4v) is 3.93. The second kappa shape index (κ2) is 8.94. The lowest BCUT2D eigenvalue weighted by molar-refractivity contribution is 0.370. The maximum atomic E-state index is 4.93. The molecule has 0 unspecified atom stereocenters. The summed E-state index contributed by atoms with van der Waals surface area (Å²) in [4.78, 5) is 21.7. The van der Waals surface area contributed by atoms with E-state index < -0.39 is 0 Å². The Labute approximate surface area is 171 Å². The van der Waals surface area contributed by atoms with E-state index in [1.807, 2.05) is 6.07 Å². The van der Waals surface area contributed by atoms with Crippen molar-refractivity contribution in [2.75, 3.05) is 44.2 Å². The van der Waals surface area contributed by atoms with Crippen LogP contribution in [0.1, 0.15) is 18.2 Å². The van der Waals surface area contributed by atoms with Crippen LogP contribution in [0.4, 0.5) is 5.95 Å². The highest BCUT2D eigenvalue weighted by Gasteiger charge is 2.21. The molecule has 3 aromatic rings. The van der Waals surface area contributed by atoms with Crippen LogP contribution >= 0.6 is 0 Å². The van der Waals surface area contributed by atoms with Gasteiger partial charge in [0.2, 0.25) is 5.95 Å². The average Bonchev–Trinajstić information content (AvgIpc) is 3.09. The van der Waals surface area contributed by atoms with E-state index in [4.69, 9.17) is 4.99 Å². The molecule has 0 spiro atoms. The predicted molar refractivity (Wildman–Crippen MR) is 119 cm³/mol. The molecule has 1 aliphatic rings. The van der Waals surface area contributed by atoms with Gasteiger partial charge in [0, 0.05) is 68.3 Å². The summed E-state index contributed by atoms with van der Waals surface area (Å²) in [7, 11) is 0. The normalized spacial score (nSPS) is 15.2. The van der Waals surface area contributed by atoms with Crippen molar-refractivity contribution in [2.45, 2.75) is 20.3 Å². The lowest BCUT2D eigenvalue weighted by Crippen LogP contribution is -2.53. The minimum Gasteiger partial charge on any atom is -0.358 e. The van der Waals surface area contributed by atoms with Crippen molar-refractivity contribution < 1.29 is 0 Å². The van der Waals surface area contributed by atoms with Crippen LogP contribution in [0.5, 0.6) is 0 Å². The largest absolute Gasteiger partial charge is 0.358 e. The third-order valence-electron chi connectivity index (χ3n) is 5.40. The smallest absolute Gasteiger partial charge is 0.225 e. The van der Waals surface area contributed by atoms with E-state index in [0.717, 1.165) is 57.6 Å². The molecule has 0 bridgehead atoms. The molecule has 7 heteroatoms. The van der Waals surface area contributed by atoms with E-state index in [1.165, 1.54) is 22.2 Å². The first-order valence-corrected chi connectivity index (χ1v) is 10.4. The highest BCUT2D eigenvalue weighted by molar-refractivity contribution is 5.84. The van der Waals surface area contributed by atoms with Crippen molar-refractivity contribution in [3.8, 4) is 0 Å². The summed E-state index contributed by atoms with van der Waals surface area (Å²) < 4.78 is 0. The Balaban J connectivity index is 1.40. The number of nitrogens with one attached hydrogen (secondary N) is 2. The maximum Gasteiger partial charge on any atom is 0.225 e. The number of fused-ring (bicyclic) bond motifs is 1. The number of hydrogen-bond acceptors (Lipinski definition) is 4. The summed E-state index contributed by atoms with van der Waals surface area (Å²) in [5.74, 6) is 1.81. The maximum absolute atomic E-state index is 4.93. The van der Waals surface area contributed by atoms with Crippen LogP contribution < -0.4 is 10.2 Å². The Kier molecular flexibility index (Phi) is 5.93. The molecule has 7 nitrogen and oxygen atoms in total. The zero-order valence-electron chi connectivity index (χ0n) is 17.2.